The molecule has 0 bridgehead atoms. The van der Waals surface area contributed by atoms with Crippen molar-refractivity contribution >= 4 is 22.6 Å². The molecule has 12 heavy (non-hydrogen) atoms. The van der Waals surface area contributed by atoms with E-state index >= 15 is 0 Å². The molecule has 1 atom stereocenters. The normalized spacial score (nSPS) is 13.4. The summed E-state index contributed by atoms with van der Waals surface area (Å²) in [6.07, 6.45) is 3.90. The number of halogens is 1. The minimum absolute atomic E-state index is 0.550. The molecule has 1 rings (SSSR count). The zero-order valence-electron chi connectivity index (χ0n) is 7.71. The second-order valence-electron chi connectivity index (χ2n) is 3.32. The van der Waals surface area contributed by atoms with Crippen LogP contribution in [-0.4, -0.2) is 4.98 Å². The summed E-state index contributed by atoms with van der Waals surface area (Å²) < 4.78 is 0.550. The molecule has 0 aliphatic heterocycles. The highest BCUT2D eigenvalue weighted by atomic mass is 127. The molecule has 0 fully saturated rings. The van der Waals surface area contributed by atoms with E-state index in [1.54, 1.807) is 0 Å². The highest BCUT2D eigenvalue weighted by Crippen LogP contribution is 2.24. The average molecular weight is 275 g/mol. The number of rotatable bonds is 2. The van der Waals surface area contributed by atoms with Crippen LogP contribution in [0.5, 0.6) is 0 Å². The second kappa shape index (κ2) is 4.21. The maximum atomic E-state index is 4.22. The van der Waals surface area contributed by atoms with E-state index in [1.165, 1.54) is 11.1 Å². The highest BCUT2D eigenvalue weighted by molar-refractivity contribution is 14.1. The van der Waals surface area contributed by atoms with Crippen LogP contribution in [0.15, 0.2) is 18.5 Å². The Morgan fingerprint density at radius 1 is 1.17 bits per heavy atom. The Morgan fingerprint density at radius 2 is 1.75 bits per heavy atom. The summed E-state index contributed by atoms with van der Waals surface area (Å²) in [5.41, 5.74) is 2.65. The third-order valence-electron chi connectivity index (χ3n) is 1.91. The van der Waals surface area contributed by atoms with Crippen molar-refractivity contribution < 1.29 is 0 Å². The summed E-state index contributed by atoms with van der Waals surface area (Å²) in [4.78, 5) is 4.22. The molecule has 1 heterocycles. The molecule has 0 amide bonds. The van der Waals surface area contributed by atoms with Crippen LogP contribution in [0, 0.1) is 0 Å². The molecule has 0 aromatic carbocycles. The molecule has 0 saturated heterocycles. The topological polar surface area (TPSA) is 12.9 Å². The van der Waals surface area contributed by atoms with Crippen molar-refractivity contribution in [2.24, 2.45) is 0 Å². The smallest absolute Gasteiger partial charge is 0.0346 e. The van der Waals surface area contributed by atoms with E-state index < -0.39 is 0 Å². The van der Waals surface area contributed by atoms with Crippen LogP contribution < -0.4 is 0 Å². The molecule has 0 saturated carbocycles. The molecular weight excluding hydrogens is 261 g/mol. The van der Waals surface area contributed by atoms with Gasteiger partial charge in [0.2, 0.25) is 0 Å². The van der Waals surface area contributed by atoms with E-state index in [4.69, 9.17) is 0 Å². The third-order valence-corrected chi connectivity index (χ3v) is 2.63. The van der Waals surface area contributed by atoms with Gasteiger partial charge in [0.05, 0.1) is 0 Å². The van der Waals surface area contributed by atoms with Crippen molar-refractivity contribution in [2.45, 2.75) is 30.6 Å². The lowest BCUT2D eigenvalue weighted by molar-refractivity contribution is 0.852. The number of alkyl halides is 1. The molecule has 0 spiro atoms. The summed E-state index contributed by atoms with van der Waals surface area (Å²) in [6, 6.07) is 2.24. The van der Waals surface area contributed by atoms with Crippen molar-refractivity contribution in [1.29, 1.82) is 0 Å². The molecule has 2 heteroatoms. The molecule has 1 nitrogen and oxygen atoms in total. The van der Waals surface area contributed by atoms with Gasteiger partial charge in [-0.05, 0) is 24.0 Å². The van der Waals surface area contributed by atoms with Crippen LogP contribution in [0.4, 0.5) is 0 Å². The highest BCUT2D eigenvalue weighted by Gasteiger charge is 2.04. The van der Waals surface area contributed by atoms with Gasteiger partial charge in [0, 0.05) is 16.3 Å². The first kappa shape index (κ1) is 9.96. The fraction of sp³-hybridized carbons (Fsp3) is 0.500. The van der Waals surface area contributed by atoms with Crippen molar-refractivity contribution in [2.75, 3.05) is 0 Å². The Bertz CT molecular complexity index is 233. The minimum Gasteiger partial charge on any atom is -0.264 e. The first-order chi connectivity index (χ1) is 5.61. The van der Waals surface area contributed by atoms with E-state index in [9.17, 15) is 0 Å². The van der Waals surface area contributed by atoms with Gasteiger partial charge in [0.1, 0.15) is 0 Å². The van der Waals surface area contributed by atoms with Crippen LogP contribution in [0.25, 0.3) is 0 Å². The van der Waals surface area contributed by atoms with Gasteiger partial charge in [-0.25, -0.2) is 0 Å². The van der Waals surface area contributed by atoms with Gasteiger partial charge in [0.15, 0.2) is 0 Å². The lowest BCUT2D eigenvalue weighted by Gasteiger charge is -2.08. The Morgan fingerprint density at radius 3 is 2.25 bits per heavy atom. The number of aromatic nitrogens is 1. The van der Waals surface area contributed by atoms with Crippen LogP contribution in [0.3, 0.4) is 0 Å². The van der Waals surface area contributed by atoms with E-state index in [0.29, 0.717) is 9.84 Å². The number of hydrogen-bond acceptors (Lipinski definition) is 1. The monoisotopic (exact) mass is 275 g/mol. The van der Waals surface area contributed by atoms with Gasteiger partial charge in [-0.15, -0.1) is 0 Å². The third kappa shape index (κ3) is 2.44. The summed E-state index contributed by atoms with van der Waals surface area (Å²) in [5.74, 6) is 0.576. The zero-order valence-corrected chi connectivity index (χ0v) is 9.87. The fourth-order valence-corrected chi connectivity index (χ4v) is 1.35. The molecule has 1 aromatic heterocycles. The lowest BCUT2D eigenvalue weighted by atomic mass is 10.0. The van der Waals surface area contributed by atoms with Crippen molar-refractivity contribution in [1.82, 2.24) is 4.98 Å². The molecule has 0 N–H and O–H groups in total. The van der Waals surface area contributed by atoms with Crippen molar-refractivity contribution in [3.8, 4) is 0 Å². The molecule has 66 valence electrons. The first-order valence-electron chi connectivity index (χ1n) is 4.20. The Labute approximate surface area is 87.7 Å². The Hall–Kier alpha value is -0.120. The molecule has 1 aromatic rings. The molecule has 1 unspecified atom stereocenters. The van der Waals surface area contributed by atoms with Gasteiger partial charge in [-0.2, -0.15) is 0 Å². The molecular formula is C10H14IN. The average Bonchev–Trinajstić information content (AvgIpc) is 2.04. The zero-order chi connectivity index (χ0) is 9.14. The predicted octanol–water partition coefficient (Wildman–Crippen LogP) is 3.70. The molecule has 0 aliphatic rings. The summed E-state index contributed by atoms with van der Waals surface area (Å²) >= 11 is 2.41. The van der Waals surface area contributed by atoms with Crippen LogP contribution in [-0.2, 0) is 0 Å². The largest absolute Gasteiger partial charge is 0.264 e. The van der Waals surface area contributed by atoms with Crippen molar-refractivity contribution in [3.63, 3.8) is 0 Å². The fourth-order valence-electron chi connectivity index (χ4n) is 1.01. The number of nitrogens with zero attached hydrogens (tertiary/aromatic N) is 1. The molecule has 0 aliphatic carbocycles. The number of pyridine rings is 1. The van der Waals surface area contributed by atoms with Crippen LogP contribution >= 0.6 is 22.6 Å². The summed E-state index contributed by atoms with van der Waals surface area (Å²) in [5, 5.41) is 0. The summed E-state index contributed by atoms with van der Waals surface area (Å²) in [6.45, 7) is 6.57. The van der Waals surface area contributed by atoms with Gasteiger partial charge in [0.25, 0.3) is 0 Å². The second-order valence-corrected chi connectivity index (χ2v) is 5.19. The van der Waals surface area contributed by atoms with Gasteiger partial charge >= 0.3 is 0 Å². The lowest BCUT2D eigenvalue weighted by Crippen LogP contribution is -1.92. The van der Waals surface area contributed by atoms with Gasteiger partial charge in [-0.1, -0.05) is 42.5 Å². The van der Waals surface area contributed by atoms with E-state index in [0.717, 1.165) is 0 Å². The molecule has 0 radical (unpaired) electrons. The maximum absolute atomic E-state index is 4.22. The Kier molecular flexibility index (Phi) is 3.50. The van der Waals surface area contributed by atoms with Crippen LogP contribution in [0.2, 0.25) is 0 Å². The van der Waals surface area contributed by atoms with E-state index in [-0.39, 0.29) is 0 Å². The first-order valence-corrected chi connectivity index (χ1v) is 5.44. The summed E-state index contributed by atoms with van der Waals surface area (Å²) in [7, 11) is 0. The van der Waals surface area contributed by atoms with E-state index in [1.807, 2.05) is 12.4 Å². The van der Waals surface area contributed by atoms with Gasteiger partial charge in [-0.3, -0.25) is 4.98 Å². The van der Waals surface area contributed by atoms with Crippen molar-refractivity contribution in [3.05, 3.63) is 29.6 Å². The Balaban J connectivity index is 2.96. The SMILES string of the molecule is CC(C)c1cncc(C(C)I)c1. The standard InChI is InChI=1S/C10H14IN/c1-7(2)9-4-10(8(3)11)6-12-5-9/h4-8H,1-3H3. The van der Waals surface area contributed by atoms with Gasteiger partial charge < -0.3 is 0 Å². The minimum atomic E-state index is 0.550. The predicted molar refractivity (Wildman–Crippen MR) is 60.8 cm³/mol. The quantitative estimate of drug-likeness (QED) is 0.592. The number of hydrogen-bond donors (Lipinski definition) is 0. The maximum Gasteiger partial charge on any atom is 0.0346 e. The van der Waals surface area contributed by atoms with E-state index in [2.05, 4.69) is 54.4 Å². The van der Waals surface area contributed by atoms with Crippen LogP contribution in [0.1, 0.15) is 41.7 Å².